The first kappa shape index (κ1) is 24.8. The molecule has 0 radical (unpaired) electrons. The number of hydrogen-bond acceptors (Lipinski definition) is 5. The molecular weight excluding hydrogens is 461 g/mol. The molecule has 3 rings (SSSR count). The minimum Gasteiger partial charge on any atom is -0.493 e. The van der Waals surface area contributed by atoms with Crippen LogP contribution in [0.15, 0.2) is 47.4 Å². The zero-order valence-corrected chi connectivity index (χ0v) is 19.1. The molecule has 7 nitrogen and oxygen atoms in total. The summed E-state index contributed by atoms with van der Waals surface area (Å²) in [5.74, 6) is 0.983. The number of amides is 1. The second-order valence-electron chi connectivity index (χ2n) is 7.46. The van der Waals surface area contributed by atoms with E-state index >= 15 is 0 Å². The van der Waals surface area contributed by atoms with Crippen molar-refractivity contribution >= 4 is 15.9 Å². The van der Waals surface area contributed by atoms with E-state index in [-0.39, 0.29) is 38.5 Å². The van der Waals surface area contributed by atoms with Crippen molar-refractivity contribution in [1.29, 1.82) is 0 Å². The number of carbonyl (C=O) groups is 1. The van der Waals surface area contributed by atoms with E-state index < -0.39 is 26.7 Å². The molecule has 0 atom stereocenters. The highest BCUT2D eigenvalue weighted by molar-refractivity contribution is 7.89. The smallest absolute Gasteiger partial charge is 0.416 e. The van der Waals surface area contributed by atoms with Gasteiger partial charge in [0.25, 0.3) is 0 Å². The van der Waals surface area contributed by atoms with Crippen LogP contribution in [-0.4, -0.2) is 63.9 Å². The minimum atomic E-state index is -4.64. The number of sulfonamides is 1. The molecule has 0 saturated carbocycles. The van der Waals surface area contributed by atoms with Gasteiger partial charge in [0.05, 0.1) is 24.7 Å². The Labute approximate surface area is 190 Å². The third kappa shape index (κ3) is 5.59. The van der Waals surface area contributed by atoms with E-state index in [2.05, 4.69) is 0 Å². The Bertz CT molecular complexity index is 1100. The Hall–Kier alpha value is -2.79. The summed E-state index contributed by atoms with van der Waals surface area (Å²) >= 11 is 0. The normalized spacial score (nSPS) is 15.4. The summed E-state index contributed by atoms with van der Waals surface area (Å²) in [6, 6.07) is 9.08. The van der Waals surface area contributed by atoms with Crippen LogP contribution in [0.25, 0.3) is 0 Å². The Kier molecular flexibility index (Phi) is 7.53. The third-order valence-corrected chi connectivity index (χ3v) is 7.38. The first-order valence-corrected chi connectivity index (χ1v) is 11.7. The van der Waals surface area contributed by atoms with E-state index in [1.165, 1.54) is 14.2 Å². The van der Waals surface area contributed by atoms with Crippen LogP contribution in [0.1, 0.15) is 17.5 Å². The van der Waals surface area contributed by atoms with Gasteiger partial charge in [-0.25, -0.2) is 8.42 Å². The fourth-order valence-electron chi connectivity index (χ4n) is 3.71. The van der Waals surface area contributed by atoms with Gasteiger partial charge in [-0.05, 0) is 36.2 Å². The van der Waals surface area contributed by atoms with Gasteiger partial charge >= 0.3 is 6.18 Å². The molecular formula is C22H25F3N2O5S. The van der Waals surface area contributed by atoms with Crippen LogP contribution in [0.2, 0.25) is 0 Å². The number of carbonyl (C=O) groups excluding carboxylic acids is 1. The van der Waals surface area contributed by atoms with E-state index in [9.17, 15) is 26.4 Å². The maximum Gasteiger partial charge on any atom is 0.416 e. The number of alkyl halides is 3. The molecule has 0 spiro atoms. The first-order valence-electron chi connectivity index (χ1n) is 10.2. The van der Waals surface area contributed by atoms with Crippen molar-refractivity contribution in [3.63, 3.8) is 0 Å². The second-order valence-corrected chi connectivity index (χ2v) is 9.40. The highest BCUT2D eigenvalue weighted by atomic mass is 32.2. The molecule has 2 aromatic rings. The van der Waals surface area contributed by atoms with Gasteiger partial charge in [-0.3, -0.25) is 4.79 Å². The molecule has 1 fully saturated rings. The molecule has 0 aromatic heterocycles. The zero-order chi connectivity index (χ0) is 24.2. The number of halogens is 3. The topological polar surface area (TPSA) is 76.2 Å². The van der Waals surface area contributed by atoms with Crippen molar-refractivity contribution in [2.24, 2.45) is 0 Å². The highest BCUT2D eigenvalue weighted by Crippen LogP contribution is 2.32. The summed E-state index contributed by atoms with van der Waals surface area (Å²) in [5.41, 5.74) is -0.207. The van der Waals surface area contributed by atoms with E-state index in [0.29, 0.717) is 24.0 Å². The van der Waals surface area contributed by atoms with Gasteiger partial charge in [0.2, 0.25) is 15.9 Å². The Morgan fingerprint density at radius 1 is 1.00 bits per heavy atom. The number of hydrogen-bond donors (Lipinski definition) is 0. The van der Waals surface area contributed by atoms with Crippen molar-refractivity contribution in [3.8, 4) is 11.5 Å². The van der Waals surface area contributed by atoms with Gasteiger partial charge in [-0.2, -0.15) is 17.5 Å². The monoisotopic (exact) mass is 486 g/mol. The van der Waals surface area contributed by atoms with Crippen molar-refractivity contribution in [2.75, 3.05) is 40.4 Å². The van der Waals surface area contributed by atoms with Crippen LogP contribution >= 0.6 is 0 Å². The van der Waals surface area contributed by atoms with Gasteiger partial charge in [-0.1, -0.05) is 18.2 Å². The summed E-state index contributed by atoms with van der Waals surface area (Å²) in [4.78, 5) is 13.8. The molecule has 1 aliphatic heterocycles. The number of benzene rings is 2. The Morgan fingerprint density at radius 2 is 1.67 bits per heavy atom. The van der Waals surface area contributed by atoms with Crippen LogP contribution < -0.4 is 9.47 Å². The van der Waals surface area contributed by atoms with Crippen LogP contribution in [0.5, 0.6) is 11.5 Å². The van der Waals surface area contributed by atoms with Gasteiger partial charge in [-0.15, -0.1) is 0 Å². The zero-order valence-electron chi connectivity index (χ0n) is 18.3. The van der Waals surface area contributed by atoms with Gasteiger partial charge in [0, 0.05) is 32.6 Å². The first-order chi connectivity index (χ1) is 15.6. The lowest BCUT2D eigenvalue weighted by atomic mass is 10.1. The van der Waals surface area contributed by atoms with Crippen molar-refractivity contribution in [3.05, 3.63) is 53.6 Å². The maximum atomic E-state index is 13.0. The molecule has 0 bridgehead atoms. The van der Waals surface area contributed by atoms with Crippen LogP contribution in [-0.2, 0) is 27.4 Å². The predicted octanol–water partition coefficient (Wildman–Crippen LogP) is 3.19. The van der Waals surface area contributed by atoms with Gasteiger partial charge in [0.1, 0.15) is 0 Å². The van der Waals surface area contributed by atoms with Crippen LogP contribution in [0.4, 0.5) is 13.2 Å². The van der Waals surface area contributed by atoms with E-state index in [1.54, 1.807) is 17.0 Å². The molecule has 1 saturated heterocycles. The molecule has 1 aliphatic rings. The van der Waals surface area contributed by atoms with E-state index in [0.717, 1.165) is 28.1 Å². The minimum absolute atomic E-state index is 0.00675. The second kappa shape index (κ2) is 10.0. The molecule has 1 amide bonds. The number of aryl methyl sites for hydroxylation is 1. The van der Waals surface area contributed by atoms with E-state index in [1.807, 2.05) is 6.07 Å². The highest BCUT2D eigenvalue weighted by Gasteiger charge is 2.34. The number of rotatable bonds is 7. The molecule has 0 unspecified atom stereocenters. The van der Waals surface area contributed by atoms with Gasteiger partial charge < -0.3 is 14.4 Å². The number of para-hydroxylation sites is 1. The van der Waals surface area contributed by atoms with Crippen molar-refractivity contribution in [1.82, 2.24) is 9.21 Å². The lowest BCUT2D eigenvalue weighted by molar-refractivity contribution is -0.137. The Balaban J connectivity index is 1.61. The maximum absolute atomic E-state index is 13.0. The molecule has 11 heteroatoms. The summed E-state index contributed by atoms with van der Waals surface area (Å²) in [5, 5.41) is 0. The SMILES string of the molecule is COc1cccc(CCC(=O)N2CCN(S(=O)(=O)c3cccc(C(F)(F)F)c3)CC2)c1OC. The molecule has 0 N–H and O–H groups in total. The van der Waals surface area contributed by atoms with Crippen molar-refractivity contribution < 1.29 is 35.9 Å². The number of piperazine rings is 1. The standard InChI is InChI=1S/C22H25F3N2O5S/c1-31-19-8-3-5-16(21(19)32-2)9-10-20(28)26-11-13-27(14-12-26)33(29,30)18-7-4-6-17(15-18)22(23,24)25/h3-8,15H,9-14H2,1-2H3. The van der Waals surface area contributed by atoms with Gasteiger partial charge in [0.15, 0.2) is 11.5 Å². The summed E-state index contributed by atoms with van der Waals surface area (Å²) in [6.45, 7) is 0.331. The quantitative estimate of drug-likeness (QED) is 0.601. The van der Waals surface area contributed by atoms with Crippen molar-refractivity contribution in [2.45, 2.75) is 23.9 Å². The summed E-state index contributed by atoms with van der Waals surface area (Å²) in [7, 11) is -1.05. The fraction of sp³-hybridized carbons (Fsp3) is 0.409. The van der Waals surface area contributed by atoms with E-state index in [4.69, 9.17) is 9.47 Å². The number of methoxy groups -OCH3 is 2. The molecule has 0 aliphatic carbocycles. The predicted molar refractivity (Wildman–Crippen MR) is 115 cm³/mol. The summed E-state index contributed by atoms with van der Waals surface area (Å²) < 4.78 is 76.2. The largest absolute Gasteiger partial charge is 0.493 e. The lowest BCUT2D eigenvalue weighted by Gasteiger charge is -2.34. The average Bonchev–Trinajstić information content (AvgIpc) is 2.81. The average molecular weight is 487 g/mol. The molecule has 33 heavy (non-hydrogen) atoms. The number of nitrogens with zero attached hydrogens (tertiary/aromatic N) is 2. The van der Waals surface area contributed by atoms with Crippen LogP contribution in [0.3, 0.4) is 0 Å². The molecule has 180 valence electrons. The lowest BCUT2D eigenvalue weighted by Crippen LogP contribution is -2.50. The fourth-order valence-corrected chi connectivity index (χ4v) is 5.18. The molecule has 1 heterocycles. The molecule has 2 aromatic carbocycles. The third-order valence-electron chi connectivity index (χ3n) is 5.48. The number of ether oxygens (including phenoxy) is 2. The summed E-state index contributed by atoms with van der Waals surface area (Å²) in [6.07, 6.45) is -4.02. The Morgan fingerprint density at radius 3 is 2.27 bits per heavy atom. The van der Waals surface area contributed by atoms with Crippen LogP contribution in [0, 0.1) is 0 Å².